The zero-order valence-corrected chi connectivity index (χ0v) is 48.1. The maximum Gasteiger partial charge on any atom is 0.0543 e. The van der Waals surface area contributed by atoms with Crippen LogP contribution in [0.4, 0.5) is 34.1 Å². The van der Waals surface area contributed by atoms with Crippen molar-refractivity contribution < 1.29 is 0 Å². The van der Waals surface area contributed by atoms with E-state index in [1.807, 2.05) is 0 Å². The summed E-state index contributed by atoms with van der Waals surface area (Å²) in [5.74, 6) is 0. The van der Waals surface area contributed by atoms with Gasteiger partial charge in [0.2, 0.25) is 0 Å². The van der Waals surface area contributed by atoms with Crippen LogP contribution in [0.15, 0.2) is 328 Å². The third-order valence-corrected chi connectivity index (χ3v) is 19.0. The minimum Gasteiger partial charge on any atom is -0.310 e. The summed E-state index contributed by atoms with van der Waals surface area (Å²) in [6, 6.07) is 121. The summed E-state index contributed by atoms with van der Waals surface area (Å²) >= 11 is 0. The molecule has 14 aromatic carbocycles. The maximum atomic E-state index is 2.58. The highest BCUT2D eigenvalue weighted by Gasteiger charge is 2.58. The molecule has 16 rings (SSSR count). The molecule has 14 aromatic rings. The Bertz CT molecular complexity index is 4370. The highest BCUT2D eigenvalue weighted by molar-refractivity contribution is 6.13. The smallest absolute Gasteiger partial charge is 0.0543 e. The van der Waals surface area contributed by atoms with Crippen LogP contribution in [-0.4, -0.2) is 0 Å². The molecule has 0 radical (unpaired) electrons. The molecule has 406 valence electrons. The Hall–Kier alpha value is -10.8. The lowest BCUT2D eigenvalue weighted by atomic mass is 9.56. The summed E-state index contributed by atoms with van der Waals surface area (Å²) < 4.78 is 0. The van der Waals surface area contributed by atoms with Gasteiger partial charge >= 0.3 is 0 Å². The van der Waals surface area contributed by atoms with Gasteiger partial charge in [0.15, 0.2) is 0 Å². The number of hydrogen-bond acceptors (Lipinski definition) is 2. The van der Waals surface area contributed by atoms with E-state index in [-0.39, 0.29) is 0 Å². The van der Waals surface area contributed by atoms with Crippen molar-refractivity contribution in [2.24, 2.45) is 0 Å². The van der Waals surface area contributed by atoms with Gasteiger partial charge < -0.3 is 9.80 Å². The minimum atomic E-state index is -0.613. The first-order chi connectivity index (χ1) is 42.4. The topological polar surface area (TPSA) is 6.48 Å². The molecule has 0 spiro atoms. The fourth-order valence-electron chi connectivity index (χ4n) is 14.7. The predicted octanol–water partition coefficient (Wildman–Crippen LogP) is 22.9. The molecule has 2 unspecified atom stereocenters. The van der Waals surface area contributed by atoms with Gasteiger partial charge in [-0.1, -0.05) is 281 Å². The van der Waals surface area contributed by atoms with Crippen LogP contribution in [0.5, 0.6) is 0 Å². The molecule has 0 saturated carbocycles. The highest BCUT2D eigenvalue weighted by Crippen LogP contribution is 2.68. The summed E-state index contributed by atoms with van der Waals surface area (Å²) in [6.45, 7) is 5.12. The van der Waals surface area contributed by atoms with E-state index >= 15 is 0 Å². The fourth-order valence-corrected chi connectivity index (χ4v) is 14.7. The monoisotopic (exact) mass is 1100 g/mol. The van der Waals surface area contributed by atoms with Crippen LogP contribution in [0.1, 0.15) is 36.1 Å². The average molecular weight is 1100 g/mol. The summed E-state index contributed by atoms with van der Waals surface area (Å²) in [5, 5.41) is 4.87. The molecule has 0 aromatic heterocycles. The molecular weight excluding hydrogens is 1040 g/mol. The molecule has 0 fully saturated rings. The quantitative estimate of drug-likeness (QED) is 0.127. The van der Waals surface area contributed by atoms with Crippen molar-refractivity contribution in [3.8, 4) is 66.8 Å². The normalized spacial score (nSPS) is 15.4. The van der Waals surface area contributed by atoms with Crippen LogP contribution < -0.4 is 9.80 Å². The molecule has 86 heavy (non-hydrogen) atoms. The van der Waals surface area contributed by atoms with Crippen molar-refractivity contribution in [1.29, 1.82) is 0 Å². The number of benzene rings is 14. The Morgan fingerprint density at radius 2 is 0.442 bits per heavy atom. The van der Waals surface area contributed by atoms with Gasteiger partial charge in [-0.15, -0.1) is 0 Å². The Morgan fingerprint density at radius 1 is 0.209 bits per heavy atom. The molecule has 2 aliphatic carbocycles. The first-order valence-electron chi connectivity index (χ1n) is 30.0. The molecule has 2 atom stereocenters. The second-order valence-electron chi connectivity index (χ2n) is 23.4. The van der Waals surface area contributed by atoms with E-state index < -0.39 is 10.8 Å². The molecule has 0 heterocycles. The first-order valence-corrected chi connectivity index (χ1v) is 30.0. The molecular formula is C84H60N2. The van der Waals surface area contributed by atoms with Gasteiger partial charge in [0.1, 0.15) is 0 Å². The second-order valence-corrected chi connectivity index (χ2v) is 23.4. The molecule has 0 amide bonds. The fraction of sp³-hybridized carbons (Fsp3) is 0.0476. The van der Waals surface area contributed by atoms with E-state index in [0.29, 0.717) is 0 Å². The third kappa shape index (κ3) is 8.01. The molecule has 0 saturated heterocycles. The van der Waals surface area contributed by atoms with Crippen molar-refractivity contribution in [2.45, 2.75) is 24.7 Å². The van der Waals surface area contributed by atoms with E-state index in [9.17, 15) is 0 Å². The lowest BCUT2D eigenvalue weighted by molar-refractivity contribution is 0.376. The summed E-state index contributed by atoms with van der Waals surface area (Å²) in [6.07, 6.45) is 0. The van der Waals surface area contributed by atoms with Crippen molar-refractivity contribution in [1.82, 2.24) is 0 Å². The SMILES string of the molecule is CC1(C2(C)c3ccccc3-c3c2cc(N(c2ccc(-c4ccccc4)cc2)c2ccc(-c4ccccc4)cc2)c2ccccc32)c2ccccc2-c2c1cc(N(c1ccc(-c3ccccc3)cc1)c1ccc(-c3ccccc3)cc1)c1ccccc21. The molecule has 2 aliphatic rings. The van der Waals surface area contributed by atoms with E-state index in [1.165, 1.54) is 111 Å². The Kier molecular flexibility index (Phi) is 12.1. The Balaban J connectivity index is 0.943. The van der Waals surface area contributed by atoms with Crippen molar-refractivity contribution in [3.05, 3.63) is 350 Å². The van der Waals surface area contributed by atoms with E-state index in [1.54, 1.807) is 0 Å². The zero-order valence-electron chi connectivity index (χ0n) is 48.1. The highest BCUT2D eigenvalue weighted by atomic mass is 15.2. The number of rotatable bonds is 11. The number of hydrogen-bond donors (Lipinski definition) is 0. The van der Waals surface area contributed by atoms with Crippen molar-refractivity contribution in [3.63, 3.8) is 0 Å². The van der Waals surface area contributed by atoms with Crippen LogP contribution in [0, 0.1) is 0 Å². The summed E-state index contributed by atoms with van der Waals surface area (Å²) in [7, 11) is 0. The van der Waals surface area contributed by atoms with Gasteiger partial charge in [0.25, 0.3) is 0 Å². The standard InChI is InChI=1S/C84H60N2/c1-83(75-37-21-19-35-73(75)81-71-33-17-15-31-69(71)79(55-77(81)83)85(65-47-39-61(40-48-65)57-23-7-3-8-24-57)66-49-41-62(42-50-66)58-25-9-4-10-26-58)84(2)76-38-22-20-36-74(76)82-72-34-18-16-32-70(72)80(56-78(82)84)86(67-51-43-63(44-52-67)59-27-11-5-12-28-59)68-53-45-64(46-54-68)60-29-13-6-14-30-60/h3-56H,1-2H3. The summed E-state index contributed by atoms with van der Waals surface area (Å²) in [4.78, 5) is 5.01. The van der Waals surface area contributed by atoms with Gasteiger partial charge in [-0.3, -0.25) is 0 Å². The van der Waals surface area contributed by atoms with E-state index in [0.717, 1.165) is 34.1 Å². The Morgan fingerprint density at radius 3 is 0.733 bits per heavy atom. The zero-order chi connectivity index (χ0) is 57.3. The lowest BCUT2D eigenvalue weighted by Gasteiger charge is -2.46. The number of anilines is 6. The number of nitrogens with zero attached hydrogens (tertiary/aromatic N) is 2. The number of fused-ring (bicyclic) bond motifs is 10. The molecule has 0 aliphatic heterocycles. The lowest BCUT2D eigenvalue weighted by Crippen LogP contribution is -2.44. The average Bonchev–Trinajstić information content (AvgIpc) is 1.57. The van der Waals surface area contributed by atoms with Crippen molar-refractivity contribution in [2.75, 3.05) is 9.80 Å². The minimum absolute atomic E-state index is 0.613. The van der Waals surface area contributed by atoms with E-state index in [2.05, 4.69) is 351 Å². The van der Waals surface area contributed by atoms with Gasteiger partial charge in [-0.25, -0.2) is 0 Å². The van der Waals surface area contributed by atoms with Crippen LogP contribution in [0.25, 0.3) is 88.3 Å². The third-order valence-electron chi connectivity index (χ3n) is 19.0. The maximum absolute atomic E-state index is 2.58. The van der Waals surface area contributed by atoms with Crippen LogP contribution in [0.3, 0.4) is 0 Å². The Labute approximate surface area is 503 Å². The van der Waals surface area contributed by atoms with Gasteiger partial charge in [-0.2, -0.15) is 0 Å². The predicted molar refractivity (Wildman–Crippen MR) is 363 cm³/mol. The van der Waals surface area contributed by atoms with Crippen LogP contribution >= 0.6 is 0 Å². The van der Waals surface area contributed by atoms with Crippen LogP contribution in [0.2, 0.25) is 0 Å². The molecule has 0 N–H and O–H groups in total. The van der Waals surface area contributed by atoms with Gasteiger partial charge in [0.05, 0.1) is 11.4 Å². The molecule has 2 heteroatoms. The first kappa shape index (κ1) is 50.9. The summed E-state index contributed by atoms with van der Waals surface area (Å²) in [5.41, 5.74) is 25.3. The van der Waals surface area contributed by atoms with Gasteiger partial charge in [-0.05, 0) is 160 Å². The largest absolute Gasteiger partial charge is 0.310 e. The molecule has 0 bridgehead atoms. The van der Waals surface area contributed by atoms with Gasteiger partial charge in [0, 0.05) is 44.4 Å². The van der Waals surface area contributed by atoms with E-state index in [4.69, 9.17) is 0 Å². The molecule has 2 nitrogen and oxygen atoms in total. The van der Waals surface area contributed by atoms with Crippen molar-refractivity contribution >= 4 is 55.7 Å². The van der Waals surface area contributed by atoms with Crippen LogP contribution in [-0.2, 0) is 10.8 Å². The second kappa shape index (κ2) is 20.5.